The van der Waals surface area contributed by atoms with Gasteiger partial charge in [-0.25, -0.2) is 9.48 Å². The van der Waals surface area contributed by atoms with E-state index in [2.05, 4.69) is 20.8 Å². The van der Waals surface area contributed by atoms with E-state index in [4.69, 9.17) is 9.52 Å². The molecule has 0 spiro atoms. The van der Waals surface area contributed by atoms with E-state index < -0.39 is 5.97 Å². The molecule has 2 N–H and O–H groups in total. The number of thioether (sulfide) groups is 1. The average Bonchev–Trinajstić information content (AvgIpc) is 3.27. The Morgan fingerprint density at radius 2 is 2.08 bits per heavy atom. The van der Waals surface area contributed by atoms with E-state index in [1.54, 1.807) is 40.7 Å². The molecule has 2 heterocycles. The van der Waals surface area contributed by atoms with E-state index in [1.165, 1.54) is 0 Å². The van der Waals surface area contributed by atoms with Gasteiger partial charge in [0.05, 0.1) is 12.1 Å². The van der Waals surface area contributed by atoms with Crippen LogP contribution in [0.1, 0.15) is 22.5 Å². The van der Waals surface area contributed by atoms with Gasteiger partial charge in [0, 0.05) is 18.4 Å². The molecule has 26 heavy (non-hydrogen) atoms. The largest absolute Gasteiger partial charge is 0.478 e. The molecule has 0 aliphatic rings. The molecule has 3 rings (SSSR count). The van der Waals surface area contributed by atoms with Gasteiger partial charge in [-0.15, -0.1) is 5.10 Å². The minimum Gasteiger partial charge on any atom is -0.478 e. The number of aromatic nitrogens is 4. The maximum atomic E-state index is 10.9. The van der Waals surface area contributed by atoms with Crippen molar-refractivity contribution in [1.82, 2.24) is 25.5 Å². The first kappa shape index (κ1) is 18.2. The van der Waals surface area contributed by atoms with Crippen LogP contribution in [0.4, 0.5) is 0 Å². The molecule has 0 radical (unpaired) electrons. The van der Waals surface area contributed by atoms with Gasteiger partial charge in [0.25, 0.3) is 0 Å². The second-order valence-electron chi connectivity index (χ2n) is 5.61. The van der Waals surface area contributed by atoms with Crippen LogP contribution in [0.15, 0.2) is 46.0 Å². The third kappa shape index (κ3) is 4.70. The number of carbonyl (C=O) groups is 1. The number of aryl methyl sites for hydroxylation is 1. The van der Waals surface area contributed by atoms with Crippen LogP contribution >= 0.6 is 11.8 Å². The number of carboxylic acid groups (broad SMARTS) is 1. The fourth-order valence-corrected chi connectivity index (χ4v) is 3.11. The number of nitrogens with zero attached hydrogens (tertiary/aromatic N) is 4. The first-order valence-electron chi connectivity index (χ1n) is 8.12. The molecule has 3 aromatic rings. The molecular formula is C17H19N5O3S. The lowest BCUT2D eigenvalue weighted by Crippen LogP contribution is -2.14. The van der Waals surface area contributed by atoms with Crippen LogP contribution in [-0.2, 0) is 13.6 Å². The van der Waals surface area contributed by atoms with Crippen LogP contribution in [0.3, 0.4) is 0 Å². The van der Waals surface area contributed by atoms with Crippen molar-refractivity contribution in [2.75, 3.05) is 12.3 Å². The van der Waals surface area contributed by atoms with E-state index in [0.717, 1.165) is 41.0 Å². The van der Waals surface area contributed by atoms with Gasteiger partial charge < -0.3 is 14.8 Å². The van der Waals surface area contributed by atoms with Crippen LogP contribution in [0.5, 0.6) is 0 Å². The van der Waals surface area contributed by atoms with Gasteiger partial charge in [-0.3, -0.25) is 0 Å². The highest BCUT2D eigenvalue weighted by Crippen LogP contribution is 2.22. The Balaban J connectivity index is 1.41. The lowest BCUT2D eigenvalue weighted by Gasteiger charge is -2.03. The predicted octanol–water partition coefficient (Wildman–Crippen LogP) is 2.44. The summed E-state index contributed by atoms with van der Waals surface area (Å²) in [5.41, 5.74) is 1.12. The molecule has 0 bridgehead atoms. The van der Waals surface area contributed by atoms with Crippen molar-refractivity contribution in [3.8, 4) is 11.3 Å². The first-order valence-corrected chi connectivity index (χ1v) is 9.10. The summed E-state index contributed by atoms with van der Waals surface area (Å²) >= 11 is 1.63. The van der Waals surface area contributed by atoms with Crippen molar-refractivity contribution < 1.29 is 14.3 Å². The quantitative estimate of drug-likeness (QED) is 0.435. The van der Waals surface area contributed by atoms with E-state index in [1.807, 2.05) is 19.2 Å². The summed E-state index contributed by atoms with van der Waals surface area (Å²) < 4.78 is 7.46. The molecule has 8 nitrogen and oxygen atoms in total. The van der Waals surface area contributed by atoms with Crippen molar-refractivity contribution in [2.24, 2.45) is 7.05 Å². The van der Waals surface area contributed by atoms with E-state index in [9.17, 15) is 4.79 Å². The average molecular weight is 373 g/mol. The maximum Gasteiger partial charge on any atom is 0.335 e. The molecule has 9 heteroatoms. The summed E-state index contributed by atoms with van der Waals surface area (Å²) in [6.45, 7) is 1.50. The zero-order valence-electron chi connectivity index (χ0n) is 14.3. The van der Waals surface area contributed by atoms with Crippen LogP contribution < -0.4 is 5.32 Å². The molecule has 2 aromatic heterocycles. The van der Waals surface area contributed by atoms with Crippen molar-refractivity contribution in [3.05, 3.63) is 47.7 Å². The van der Waals surface area contributed by atoms with Gasteiger partial charge in [-0.2, -0.15) is 0 Å². The zero-order valence-corrected chi connectivity index (χ0v) is 15.1. The zero-order chi connectivity index (χ0) is 18.4. The minimum absolute atomic E-state index is 0.261. The summed E-state index contributed by atoms with van der Waals surface area (Å²) in [6.07, 6.45) is 0.988. The smallest absolute Gasteiger partial charge is 0.335 e. The predicted molar refractivity (Wildman–Crippen MR) is 96.9 cm³/mol. The molecule has 0 amide bonds. The second kappa shape index (κ2) is 8.63. The highest BCUT2D eigenvalue weighted by atomic mass is 32.2. The van der Waals surface area contributed by atoms with Crippen LogP contribution in [0.25, 0.3) is 11.3 Å². The molecule has 0 unspecified atom stereocenters. The van der Waals surface area contributed by atoms with Crippen molar-refractivity contribution in [2.45, 2.75) is 18.1 Å². The van der Waals surface area contributed by atoms with Gasteiger partial charge in [-0.1, -0.05) is 23.9 Å². The van der Waals surface area contributed by atoms with Gasteiger partial charge in [0.1, 0.15) is 11.5 Å². The Labute approximate surface area is 154 Å². The normalized spacial score (nSPS) is 11.0. The number of nitrogens with one attached hydrogen (secondary N) is 1. The van der Waals surface area contributed by atoms with E-state index >= 15 is 0 Å². The number of benzene rings is 1. The Morgan fingerprint density at radius 1 is 1.27 bits per heavy atom. The third-order valence-electron chi connectivity index (χ3n) is 3.69. The number of tetrazole rings is 1. The molecule has 0 saturated carbocycles. The number of hydrogen-bond acceptors (Lipinski definition) is 7. The topological polar surface area (TPSA) is 106 Å². The highest BCUT2D eigenvalue weighted by Gasteiger charge is 2.07. The Morgan fingerprint density at radius 3 is 2.77 bits per heavy atom. The van der Waals surface area contributed by atoms with Gasteiger partial charge in [0.15, 0.2) is 0 Å². The van der Waals surface area contributed by atoms with Gasteiger partial charge in [0.2, 0.25) is 5.16 Å². The molecule has 0 aliphatic carbocycles. The molecule has 0 aliphatic heterocycles. The molecule has 1 aromatic carbocycles. The summed E-state index contributed by atoms with van der Waals surface area (Å²) in [5, 5.41) is 24.4. The number of rotatable bonds is 9. The number of carboxylic acids is 1. The fraction of sp³-hybridized carbons (Fsp3) is 0.294. The minimum atomic E-state index is -0.936. The third-order valence-corrected chi connectivity index (χ3v) is 4.78. The summed E-state index contributed by atoms with van der Waals surface area (Å²) in [7, 11) is 1.82. The van der Waals surface area contributed by atoms with Crippen molar-refractivity contribution >= 4 is 17.7 Å². The number of hydrogen-bond donors (Lipinski definition) is 2. The standard InChI is InChI=1S/C17H19N5O3S/c1-22-17(19-20-21-22)26-10-2-9-18-11-14-7-8-15(25-14)12-3-5-13(6-4-12)16(23)24/h3-8,18H,2,9-11H2,1H3,(H,23,24). The Hall–Kier alpha value is -2.65. The Bertz CT molecular complexity index is 859. The lowest BCUT2D eigenvalue weighted by atomic mass is 10.1. The summed E-state index contributed by atoms with van der Waals surface area (Å²) in [5.74, 6) is 1.56. The molecule has 136 valence electrons. The van der Waals surface area contributed by atoms with Crippen LogP contribution in [0, 0.1) is 0 Å². The molecular weight excluding hydrogens is 354 g/mol. The SMILES string of the molecule is Cn1nnnc1SCCCNCc1ccc(-c2ccc(C(=O)O)cc2)o1. The van der Waals surface area contributed by atoms with Crippen molar-refractivity contribution in [1.29, 1.82) is 0 Å². The number of aromatic carboxylic acids is 1. The number of furan rings is 1. The Kier molecular flexibility index (Phi) is 6.03. The van der Waals surface area contributed by atoms with Crippen molar-refractivity contribution in [3.63, 3.8) is 0 Å². The summed E-state index contributed by atoms with van der Waals surface area (Å²) in [4.78, 5) is 10.9. The molecule has 0 fully saturated rings. The lowest BCUT2D eigenvalue weighted by molar-refractivity contribution is 0.0697. The fourth-order valence-electron chi connectivity index (χ4n) is 2.32. The maximum absolute atomic E-state index is 10.9. The van der Waals surface area contributed by atoms with Gasteiger partial charge >= 0.3 is 5.97 Å². The monoisotopic (exact) mass is 373 g/mol. The molecule has 0 atom stereocenters. The van der Waals surface area contributed by atoms with E-state index in [-0.39, 0.29) is 5.56 Å². The first-order chi connectivity index (χ1) is 12.6. The summed E-state index contributed by atoms with van der Waals surface area (Å²) in [6, 6.07) is 10.5. The van der Waals surface area contributed by atoms with Crippen LogP contribution in [0.2, 0.25) is 0 Å². The van der Waals surface area contributed by atoms with Crippen LogP contribution in [-0.4, -0.2) is 43.6 Å². The van der Waals surface area contributed by atoms with E-state index in [0.29, 0.717) is 6.54 Å². The second-order valence-corrected chi connectivity index (χ2v) is 6.67. The molecule has 0 saturated heterocycles. The highest BCUT2D eigenvalue weighted by molar-refractivity contribution is 7.99. The van der Waals surface area contributed by atoms with Gasteiger partial charge in [-0.05, 0) is 47.7 Å².